The van der Waals surface area contributed by atoms with Crippen molar-refractivity contribution in [3.05, 3.63) is 55.2 Å². The van der Waals surface area contributed by atoms with E-state index in [1.165, 1.54) is 18.2 Å². The van der Waals surface area contributed by atoms with E-state index in [4.69, 9.17) is 4.42 Å². The van der Waals surface area contributed by atoms with Gasteiger partial charge in [-0.05, 0) is 6.07 Å². The average Bonchev–Trinajstić information content (AvgIpc) is 2.94. The molecule has 0 bridgehead atoms. The maximum atomic E-state index is 11.7. The Bertz CT molecular complexity index is 914. The highest BCUT2D eigenvalue weighted by Gasteiger charge is 2.15. The summed E-state index contributed by atoms with van der Waals surface area (Å²) < 4.78 is 6.11. The van der Waals surface area contributed by atoms with Gasteiger partial charge in [0.2, 0.25) is 0 Å². The van der Waals surface area contributed by atoms with Gasteiger partial charge in [0.25, 0.3) is 5.69 Å². The monoisotopic (exact) mass is 277 g/mol. The number of hydrogen-bond donors (Lipinski definition) is 2. The van der Waals surface area contributed by atoms with Gasteiger partial charge in [0.15, 0.2) is 11.4 Å². The molecule has 0 fully saturated rings. The molecule has 10 nitrogen and oxygen atoms in total. The van der Waals surface area contributed by atoms with E-state index in [0.29, 0.717) is 0 Å². The Labute approximate surface area is 108 Å². The molecular weight excluding hydrogens is 270 g/mol. The van der Waals surface area contributed by atoms with Gasteiger partial charge in [0, 0.05) is 12.1 Å². The molecule has 0 spiro atoms. The third-order valence-corrected chi connectivity index (χ3v) is 2.72. The molecule has 0 saturated carbocycles. The molecule has 0 radical (unpaired) electrons. The van der Waals surface area contributed by atoms with Crippen LogP contribution in [0.25, 0.3) is 11.1 Å². The van der Waals surface area contributed by atoms with Gasteiger partial charge >= 0.3 is 11.4 Å². The second kappa shape index (κ2) is 4.19. The third-order valence-electron chi connectivity index (χ3n) is 2.72. The number of fused-ring (bicyclic) bond motifs is 1. The molecule has 0 aliphatic heterocycles. The molecule has 0 unspecified atom stereocenters. The van der Waals surface area contributed by atoms with Gasteiger partial charge in [0.05, 0.1) is 17.0 Å². The number of nitro groups is 1. The lowest BCUT2D eigenvalue weighted by atomic mass is 10.3. The molecule has 0 atom stereocenters. The van der Waals surface area contributed by atoms with E-state index in [-0.39, 0.29) is 29.2 Å². The molecule has 2 aromatic heterocycles. The number of nitrogens with zero attached hydrogens (tertiary/aromatic N) is 3. The summed E-state index contributed by atoms with van der Waals surface area (Å²) in [6.07, 6.45) is 0. The predicted octanol–water partition coefficient (Wildman–Crippen LogP) is -0.0376. The number of benzene rings is 1. The van der Waals surface area contributed by atoms with Crippen LogP contribution in [-0.4, -0.2) is 24.7 Å². The molecular formula is C10H7N5O5. The Morgan fingerprint density at radius 3 is 2.85 bits per heavy atom. The molecule has 0 amide bonds. The zero-order valence-corrected chi connectivity index (χ0v) is 9.82. The molecule has 10 heteroatoms. The van der Waals surface area contributed by atoms with E-state index in [1.54, 1.807) is 0 Å². The number of H-pyrrole nitrogens is 2. The molecule has 1 aromatic carbocycles. The van der Waals surface area contributed by atoms with Gasteiger partial charge in [-0.3, -0.25) is 19.7 Å². The van der Waals surface area contributed by atoms with Gasteiger partial charge in [-0.1, -0.05) is 0 Å². The van der Waals surface area contributed by atoms with Crippen LogP contribution in [0.15, 0.2) is 32.2 Å². The van der Waals surface area contributed by atoms with Gasteiger partial charge in [-0.15, -0.1) is 0 Å². The summed E-state index contributed by atoms with van der Waals surface area (Å²) in [5.41, 5.74) is -0.194. The van der Waals surface area contributed by atoms with Gasteiger partial charge < -0.3 is 4.42 Å². The van der Waals surface area contributed by atoms with Crippen LogP contribution < -0.4 is 11.4 Å². The van der Waals surface area contributed by atoms with Crippen molar-refractivity contribution in [3.63, 3.8) is 0 Å². The standard InChI is InChI=1S/C10H7N5O5/c16-9-11-8(12-13-9)4-14-6-3-5(15(18)19)1-2-7(6)20-10(14)17/h1-3H,4H2,(H2,11,12,13,16). The third kappa shape index (κ3) is 1.88. The number of nitrogens with one attached hydrogen (secondary N) is 2. The minimum absolute atomic E-state index is 0.0637. The molecule has 0 aliphatic carbocycles. The summed E-state index contributed by atoms with van der Waals surface area (Å²) in [4.78, 5) is 35.2. The SMILES string of the molecule is O=c1[nH]nc(Cn2c(=O)oc3ccc([N+](=O)[O-])cc32)[nH]1. The lowest BCUT2D eigenvalue weighted by molar-refractivity contribution is -0.384. The van der Waals surface area contributed by atoms with Crippen molar-refractivity contribution in [2.75, 3.05) is 0 Å². The second-order valence-corrected chi connectivity index (χ2v) is 3.99. The van der Waals surface area contributed by atoms with E-state index in [2.05, 4.69) is 15.2 Å². The molecule has 2 N–H and O–H groups in total. The minimum atomic E-state index is -0.690. The van der Waals surface area contributed by atoms with Crippen LogP contribution in [-0.2, 0) is 6.54 Å². The Morgan fingerprint density at radius 2 is 2.20 bits per heavy atom. The number of oxazole rings is 1. The molecule has 20 heavy (non-hydrogen) atoms. The summed E-state index contributed by atoms with van der Waals surface area (Å²) in [6.45, 7) is -0.0637. The van der Waals surface area contributed by atoms with E-state index in [9.17, 15) is 19.7 Å². The average molecular weight is 277 g/mol. The fourth-order valence-electron chi connectivity index (χ4n) is 1.84. The molecule has 2 heterocycles. The zero-order chi connectivity index (χ0) is 14.3. The van der Waals surface area contributed by atoms with Crippen molar-refractivity contribution in [2.24, 2.45) is 0 Å². The Hall–Kier alpha value is -3.17. The van der Waals surface area contributed by atoms with Gasteiger partial charge in [-0.25, -0.2) is 14.7 Å². The number of aromatic nitrogens is 4. The van der Waals surface area contributed by atoms with Crippen LogP contribution in [0.1, 0.15) is 5.82 Å². The van der Waals surface area contributed by atoms with Crippen molar-refractivity contribution in [2.45, 2.75) is 6.54 Å². The first-order valence-electron chi connectivity index (χ1n) is 5.46. The van der Waals surface area contributed by atoms with Crippen LogP contribution in [0, 0.1) is 10.1 Å². The summed E-state index contributed by atoms with van der Waals surface area (Å²) in [6, 6.07) is 3.82. The fourth-order valence-corrected chi connectivity index (χ4v) is 1.84. The Kier molecular flexibility index (Phi) is 2.49. The number of hydrogen-bond acceptors (Lipinski definition) is 6. The van der Waals surface area contributed by atoms with Crippen molar-refractivity contribution >= 4 is 16.8 Å². The van der Waals surface area contributed by atoms with E-state index >= 15 is 0 Å². The molecule has 0 saturated heterocycles. The maximum absolute atomic E-state index is 11.7. The van der Waals surface area contributed by atoms with Crippen LogP contribution in [0.3, 0.4) is 0 Å². The second-order valence-electron chi connectivity index (χ2n) is 3.99. The predicted molar refractivity (Wildman–Crippen MR) is 65.4 cm³/mol. The summed E-state index contributed by atoms with van der Waals surface area (Å²) in [7, 11) is 0. The normalized spacial score (nSPS) is 11.0. The zero-order valence-electron chi connectivity index (χ0n) is 9.82. The van der Waals surface area contributed by atoms with Gasteiger partial charge in [0.1, 0.15) is 0 Å². The van der Waals surface area contributed by atoms with E-state index < -0.39 is 16.4 Å². The number of aromatic amines is 2. The highest BCUT2D eigenvalue weighted by molar-refractivity contribution is 5.75. The first-order chi connectivity index (χ1) is 9.54. The molecule has 0 aliphatic rings. The van der Waals surface area contributed by atoms with E-state index in [1.807, 2.05) is 0 Å². The lowest BCUT2D eigenvalue weighted by Gasteiger charge is -1.98. The number of nitro benzene ring substituents is 1. The first-order valence-corrected chi connectivity index (χ1v) is 5.46. The smallest absolute Gasteiger partial charge is 0.408 e. The maximum Gasteiger partial charge on any atom is 0.420 e. The molecule has 102 valence electrons. The van der Waals surface area contributed by atoms with Gasteiger partial charge in [-0.2, -0.15) is 5.10 Å². The minimum Gasteiger partial charge on any atom is -0.408 e. The van der Waals surface area contributed by atoms with E-state index in [0.717, 1.165) is 4.57 Å². The van der Waals surface area contributed by atoms with Crippen molar-refractivity contribution in [3.8, 4) is 0 Å². The highest BCUT2D eigenvalue weighted by atomic mass is 16.6. The highest BCUT2D eigenvalue weighted by Crippen LogP contribution is 2.20. The van der Waals surface area contributed by atoms with Crippen molar-refractivity contribution in [1.82, 2.24) is 19.7 Å². The summed E-state index contributed by atoms with van der Waals surface area (Å²) >= 11 is 0. The van der Waals surface area contributed by atoms with Crippen LogP contribution in [0.5, 0.6) is 0 Å². The molecule has 3 aromatic rings. The Morgan fingerprint density at radius 1 is 1.40 bits per heavy atom. The fraction of sp³-hybridized carbons (Fsp3) is 0.100. The molecule has 3 rings (SSSR count). The largest absolute Gasteiger partial charge is 0.420 e. The summed E-state index contributed by atoms with van der Waals surface area (Å²) in [5, 5.41) is 16.6. The van der Waals surface area contributed by atoms with Crippen LogP contribution in [0.2, 0.25) is 0 Å². The first kappa shape index (κ1) is 11.9. The van der Waals surface area contributed by atoms with Crippen molar-refractivity contribution in [1.29, 1.82) is 0 Å². The summed E-state index contributed by atoms with van der Waals surface area (Å²) in [5.74, 6) is -0.476. The topological polar surface area (TPSA) is 140 Å². The van der Waals surface area contributed by atoms with Crippen molar-refractivity contribution < 1.29 is 9.34 Å². The number of non-ortho nitro benzene ring substituents is 1. The van der Waals surface area contributed by atoms with Crippen LogP contribution >= 0.6 is 0 Å². The van der Waals surface area contributed by atoms with Crippen LogP contribution in [0.4, 0.5) is 5.69 Å². The number of rotatable bonds is 3. The lowest BCUT2D eigenvalue weighted by Crippen LogP contribution is -2.16. The quantitative estimate of drug-likeness (QED) is 0.508. The Balaban J connectivity index is 2.15.